The number of urea groups is 1. The van der Waals surface area contributed by atoms with Crippen LogP contribution < -0.4 is 10.6 Å². The molecule has 0 radical (unpaired) electrons. The number of carbonyl (C=O) groups excluding carboxylic acids is 1. The fourth-order valence-electron chi connectivity index (χ4n) is 5.43. The summed E-state index contributed by atoms with van der Waals surface area (Å²) in [6, 6.07) is 31.1. The van der Waals surface area contributed by atoms with Gasteiger partial charge in [0.05, 0.1) is 18.8 Å². The van der Waals surface area contributed by atoms with Gasteiger partial charge in [0.25, 0.3) is 0 Å². The van der Waals surface area contributed by atoms with Crippen LogP contribution in [-0.4, -0.2) is 42.3 Å². The highest BCUT2D eigenvalue weighted by molar-refractivity contribution is 5.83. The molecule has 4 aromatic carbocycles. The summed E-state index contributed by atoms with van der Waals surface area (Å²) in [5.74, 6) is 0. The zero-order chi connectivity index (χ0) is 29.5. The maximum atomic E-state index is 11.8. The van der Waals surface area contributed by atoms with Gasteiger partial charge in [0, 0.05) is 37.7 Å². The second-order valence-corrected chi connectivity index (χ2v) is 11.0. The highest BCUT2D eigenvalue weighted by Gasteiger charge is 2.33. The van der Waals surface area contributed by atoms with E-state index >= 15 is 0 Å². The van der Waals surface area contributed by atoms with E-state index < -0.39 is 6.29 Å². The molecule has 7 nitrogen and oxygen atoms in total. The van der Waals surface area contributed by atoms with Gasteiger partial charge in [0.1, 0.15) is 0 Å². The normalized spacial score (nSPS) is 19.5. The van der Waals surface area contributed by atoms with Gasteiger partial charge in [-0.3, -0.25) is 4.90 Å². The minimum Gasteiger partial charge on any atom is -0.392 e. The number of hydrogen-bond acceptors (Lipinski definition) is 5. The highest BCUT2D eigenvalue weighted by Crippen LogP contribution is 2.38. The van der Waals surface area contributed by atoms with E-state index in [0.717, 1.165) is 35.2 Å². The van der Waals surface area contributed by atoms with Crippen molar-refractivity contribution in [2.45, 2.75) is 58.0 Å². The van der Waals surface area contributed by atoms with Gasteiger partial charge in [-0.05, 0) is 60.0 Å². The first-order valence-corrected chi connectivity index (χ1v) is 14.7. The molecule has 2 amide bonds. The van der Waals surface area contributed by atoms with Crippen LogP contribution >= 0.6 is 0 Å². The Kier molecular flexibility index (Phi) is 9.87. The van der Waals surface area contributed by atoms with Gasteiger partial charge >= 0.3 is 6.03 Å². The molecule has 3 N–H and O–H groups in total. The number of ether oxygens (including phenoxy) is 2. The summed E-state index contributed by atoms with van der Waals surface area (Å²) in [4.78, 5) is 14.1. The summed E-state index contributed by atoms with van der Waals surface area (Å²) in [6.45, 7) is 5.91. The van der Waals surface area contributed by atoms with E-state index in [2.05, 4.69) is 72.0 Å². The molecule has 1 fully saturated rings. The minimum atomic E-state index is -0.527. The zero-order valence-electron chi connectivity index (χ0n) is 24.6. The Bertz CT molecular complexity index is 1460. The van der Waals surface area contributed by atoms with Gasteiger partial charge in [0.2, 0.25) is 0 Å². The molecular formula is C35H41N3O4. The molecule has 0 aromatic heterocycles. The van der Waals surface area contributed by atoms with Crippen molar-refractivity contribution in [1.29, 1.82) is 0 Å². The molecule has 1 saturated heterocycles. The monoisotopic (exact) mass is 567 g/mol. The number of nitrogens with one attached hydrogen (secondary N) is 2. The van der Waals surface area contributed by atoms with E-state index in [4.69, 9.17) is 9.47 Å². The van der Waals surface area contributed by atoms with Gasteiger partial charge in [-0.1, -0.05) is 84.9 Å². The van der Waals surface area contributed by atoms with Crippen LogP contribution in [0, 0.1) is 0 Å². The smallest absolute Gasteiger partial charge is 0.315 e. The average molecular weight is 568 g/mol. The molecule has 42 heavy (non-hydrogen) atoms. The number of nitrogens with zero attached hydrogens (tertiary/aromatic N) is 1. The van der Waals surface area contributed by atoms with Crippen molar-refractivity contribution >= 4 is 16.8 Å². The second-order valence-electron chi connectivity index (χ2n) is 11.0. The van der Waals surface area contributed by atoms with Crippen molar-refractivity contribution < 1.29 is 19.4 Å². The second kappa shape index (κ2) is 13.9. The largest absolute Gasteiger partial charge is 0.392 e. The first-order valence-electron chi connectivity index (χ1n) is 14.7. The number of fused-ring (bicyclic) bond motifs is 1. The molecule has 4 aromatic rings. The quantitative estimate of drug-likeness (QED) is 0.207. The van der Waals surface area contributed by atoms with E-state index in [-0.39, 0.29) is 30.9 Å². The van der Waals surface area contributed by atoms with Crippen molar-refractivity contribution in [3.63, 3.8) is 0 Å². The number of aliphatic hydroxyl groups is 1. The Morgan fingerprint density at radius 2 is 1.60 bits per heavy atom. The van der Waals surface area contributed by atoms with Crippen LogP contribution in [0.3, 0.4) is 0 Å². The van der Waals surface area contributed by atoms with E-state index in [0.29, 0.717) is 13.1 Å². The number of carbonyl (C=O) groups is 1. The van der Waals surface area contributed by atoms with Crippen LogP contribution in [0.2, 0.25) is 0 Å². The predicted octanol–water partition coefficient (Wildman–Crippen LogP) is 6.39. The van der Waals surface area contributed by atoms with Crippen LogP contribution in [0.15, 0.2) is 91.0 Å². The number of hydrogen-bond donors (Lipinski definition) is 3. The number of benzene rings is 4. The van der Waals surface area contributed by atoms with Crippen LogP contribution in [0.5, 0.6) is 0 Å². The van der Waals surface area contributed by atoms with Crippen molar-refractivity contribution in [2.24, 2.45) is 0 Å². The molecule has 1 heterocycles. The third kappa shape index (κ3) is 7.36. The van der Waals surface area contributed by atoms with Crippen molar-refractivity contribution in [2.75, 3.05) is 20.1 Å². The third-order valence-corrected chi connectivity index (χ3v) is 8.07. The molecule has 0 unspecified atom stereocenters. The maximum absolute atomic E-state index is 11.8. The number of rotatable bonds is 10. The summed E-state index contributed by atoms with van der Waals surface area (Å²) < 4.78 is 13.1. The topological polar surface area (TPSA) is 83.1 Å². The van der Waals surface area contributed by atoms with Gasteiger partial charge < -0.3 is 25.2 Å². The lowest BCUT2D eigenvalue weighted by Crippen LogP contribution is -2.38. The van der Waals surface area contributed by atoms with E-state index in [9.17, 15) is 9.90 Å². The predicted molar refractivity (Wildman–Crippen MR) is 166 cm³/mol. The van der Waals surface area contributed by atoms with E-state index in [1.807, 2.05) is 55.5 Å². The Labute approximate surface area is 248 Å². The average Bonchev–Trinajstić information content (AvgIpc) is 3.03. The summed E-state index contributed by atoms with van der Waals surface area (Å²) in [6.07, 6.45) is -0.0116. The van der Waals surface area contributed by atoms with E-state index in [1.54, 1.807) is 0 Å². The van der Waals surface area contributed by atoms with Crippen molar-refractivity contribution in [3.05, 3.63) is 119 Å². The lowest BCUT2D eigenvalue weighted by atomic mass is 9.98. The molecule has 1 aliphatic heterocycles. The fourth-order valence-corrected chi connectivity index (χ4v) is 5.43. The first-order chi connectivity index (χ1) is 20.4. The molecule has 0 aliphatic carbocycles. The van der Waals surface area contributed by atoms with Gasteiger partial charge in [-0.2, -0.15) is 0 Å². The standard InChI is InChI=1S/C35H41N3O4/c1-4-36-35(40)37-21-25-9-15-29(16-10-25)34-41-32(20-33(42-34)28-13-11-26(23-39)12-14-28)22-38(3)24(2)30-18-17-27-7-5-6-8-31(27)19-30/h5-19,24,32-34,39H,4,20-23H2,1-3H3,(H2,36,37,40)/t24-,32-,33+,34+/m1/s1. The summed E-state index contributed by atoms with van der Waals surface area (Å²) >= 11 is 0. The Morgan fingerprint density at radius 1 is 0.905 bits per heavy atom. The van der Waals surface area contributed by atoms with Crippen molar-refractivity contribution in [1.82, 2.24) is 15.5 Å². The van der Waals surface area contributed by atoms with Gasteiger partial charge in [-0.25, -0.2) is 4.79 Å². The molecule has 4 atom stereocenters. The molecule has 0 bridgehead atoms. The Morgan fingerprint density at radius 3 is 2.31 bits per heavy atom. The lowest BCUT2D eigenvalue weighted by Gasteiger charge is -2.39. The number of amides is 2. The minimum absolute atomic E-state index is 0.0128. The fraction of sp³-hybridized carbons (Fsp3) is 0.343. The summed E-state index contributed by atoms with van der Waals surface area (Å²) in [5.41, 5.74) is 5.15. The van der Waals surface area contributed by atoms with Crippen LogP contribution in [0.4, 0.5) is 4.79 Å². The Balaban J connectivity index is 1.31. The lowest BCUT2D eigenvalue weighted by molar-refractivity contribution is -0.253. The first kappa shape index (κ1) is 29.7. The van der Waals surface area contributed by atoms with Gasteiger partial charge in [-0.15, -0.1) is 0 Å². The molecule has 5 rings (SSSR count). The summed E-state index contributed by atoms with van der Waals surface area (Å²) in [5, 5.41) is 17.6. The molecular weight excluding hydrogens is 526 g/mol. The summed E-state index contributed by atoms with van der Waals surface area (Å²) in [7, 11) is 2.15. The Hall–Kier alpha value is -3.75. The molecule has 0 saturated carbocycles. The highest BCUT2D eigenvalue weighted by atomic mass is 16.7. The molecule has 7 heteroatoms. The molecule has 0 spiro atoms. The van der Waals surface area contributed by atoms with E-state index in [1.165, 1.54) is 16.3 Å². The zero-order valence-corrected chi connectivity index (χ0v) is 24.6. The number of likely N-dealkylation sites (N-methyl/N-ethyl adjacent to an activating group) is 1. The van der Waals surface area contributed by atoms with Gasteiger partial charge in [0.15, 0.2) is 6.29 Å². The maximum Gasteiger partial charge on any atom is 0.315 e. The van der Waals surface area contributed by atoms with Crippen LogP contribution in [0.1, 0.15) is 66.5 Å². The van der Waals surface area contributed by atoms with Crippen molar-refractivity contribution in [3.8, 4) is 0 Å². The third-order valence-electron chi connectivity index (χ3n) is 8.07. The number of aliphatic hydroxyl groups excluding tert-OH is 1. The SMILES string of the molecule is CCNC(=O)NCc1ccc([C@H]2O[C@@H](CN(C)[C@H](C)c3ccc4ccccc4c3)C[C@@H](c3ccc(CO)cc3)O2)cc1. The van der Waals surface area contributed by atoms with Crippen LogP contribution in [-0.2, 0) is 22.6 Å². The molecule has 1 aliphatic rings. The molecule has 220 valence electrons. The van der Waals surface area contributed by atoms with Crippen LogP contribution in [0.25, 0.3) is 10.8 Å².